The largest absolute Gasteiger partial charge is 0.497 e. The van der Waals surface area contributed by atoms with Gasteiger partial charge in [-0.25, -0.2) is 4.98 Å². The van der Waals surface area contributed by atoms with E-state index in [-0.39, 0.29) is 17.9 Å². The first-order chi connectivity index (χ1) is 12.6. The lowest BCUT2D eigenvalue weighted by molar-refractivity contribution is 0.0932. The Bertz CT molecular complexity index is 777. The van der Waals surface area contributed by atoms with Crippen LogP contribution in [0.25, 0.3) is 0 Å². The molecule has 0 unspecified atom stereocenters. The fourth-order valence-electron chi connectivity index (χ4n) is 2.87. The fourth-order valence-corrected chi connectivity index (χ4v) is 3.56. The topological polar surface area (TPSA) is 89.6 Å². The van der Waals surface area contributed by atoms with Crippen LogP contribution < -0.4 is 20.1 Å². The van der Waals surface area contributed by atoms with E-state index in [1.807, 2.05) is 0 Å². The van der Waals surface area contributed by atoms with E-state index >= 15 is 0 Å². The van der Waals surface area contributed by atoms with Crippen LogP contribution in [0.4, 0.5) is 5.13 Å². The highest BCUT2D eigenvalue weighted by Gasteiger charge is 2.20. The molecule has 0 spiro atoms. The third-order valence-electron chi connectivity index (χ3n) is 4.26. The summed E-state index contributed by atoms with van der Waals surface area (Å²) >= 11 is 1.21. The number of nitrogens with one attached hydrogen (secondary N) is 2. The quantitative estimate of drug-likeness (QED) is 0.810. The molecule has 1 heterocycles. The zero-order chi connectivity index (χ0) is 18.5. The minimum atomic E-state index is -0.348. The first-order valence-corrected chi connectivity index (χ1v) is 9.28. The maximum absolute atomic E-state index is 12.5. The van der Waals surface area contributed by atoms with E-state index in [2.05, 4.69) is 15.6 Å². The van der Waals surface area contributed by atoms with Crippen LogP contribution in [0.1, 0.15) is 46.5 Å². The number of anilines is 1. The van der Waals surface area contributed by atoms with Gasteiger partial charge in [0.15, 0.2) is 5.13 Å². The summed E-state index contributed by atoms with van der Waals surface area (Å²) in [6.07, 6.45) is 4.31. The summed E-state index contributed by atoms with van der Waals surface area (Å²) in [4.78, 5) is 28.9. The van der Waals surface area contributed by atoms with Crippen molar-refractivity contribution in [1.82, 2.24) is 10.3 Å². The Kier molecular flexibility index (Phi) is 5.72. The lowest BCUT2D eigenvalue weighted by atomic mass is 10.2. The molecule has 1 saturated carbocycles. The Morgan fingerprint density at radius 3 is 2.35 bits per heavy atom. The van der Waals surface area contributed by atoms with Crippen LogP contribution in [-0.2, 0) is 0 Å². The van der Waals surface area contributed by atoms with Gasteiger partial charge in [-0.1, -0.05) is 12.8 Å². The summed E-state index contributed by atoms with van der Waals surface area (Å²) in [7, 11) is 3.04. The Morgan fingerprint density at radius 1 is 1.08 bits per heavy atom. The highest BCUT2D eigenvalue weighted by atomic mass is 32.1. The standard InChI is InChI=1S/C18H21N3O4S/c1-24-13-7-11(8-14(9-13)25-2)16(22)21-18-20-15(10-26-18)17(23)19-12-5-3-4-6-12/h7-10,12H,3-6H2,1-2H3,(H,19,23)(H,20,21,22). The number of benzene rings is 1. The number of hydrogen-bond donors (Lipinski definition) is 2. The molecule has 1 aliphatic rings. The molecule has 3 rings (SSSR count). The Balaban J connectivity index is 1.66. The van der Waals surface area contributed by atoms with E-state index in [4.69, 9.17) is 9.47 Å². The third kappa shape index (κ3) is 4.32. The molecule has 0 bridgehead atoms. The predicted molar refractivity (Wildman–Crippen MR) is 99.3 cm³/mol. The zero-order valence-electron chi connectivity index (χ0n) is 14.7. The molecule has 138 valence electrons. The second-order valence-electron chi connectivity index (χ2n) is 6.05. The smallest absolute Gasteiger partial charge is 0.271 e. The third-order valence-corrected chi connectivity index (χ3v) is 5.02. The summed E-state index contributed by atoms with van der Waals surface area (Å²) in [5.74, 6) is 0.492. The molecule has 0 radical (unpaired) electrons. The summed E-state index contributed by atoms with van der Waals surface area (Å²) in [6.45, 7) is 0. The lowest BCUT2D eigenvalue weighted by Gasteiger charge is -2.10. The van der Waals surface area contributed by atoms with Crippen molar-refractivity contribution in [1.29, 1.82) is 0 Å². The Hall–Kier alpha value is -2.61. The van der Waals surface area contributed by atoms with Crippen molar-refractivity contribution in [2.75, 3.05) is 19.5 Å². The van der Waals surface area contributed by atoms with Crippen LogP contribution in [0.2, 0.25) is 0 Å². The second-order valence-corrected chi connectivity index (χ2v) is 6.91. The van der Waals surface area contributed by atoms with E-state index in [1.165, 1.54) is 25.6 Å². The highest BCUT2D eigenvalue weighted by molar-refractivity contribution is 7.14. The SMILES string of the molecule is COc1cc(OC)cc(C(=O)Nc2nc(C(=O)NC3CCCC3)cs2)c1. The van der Waals surface area contributed by atoms with Gasteiger partial charge >= 0.3 is 0 Å². The van der Waals surface area contributed by atoms with Gasteiger partial charge in [0.1, 0.15) is 17.2 Å². The van der Waals surface area contributed by atoms with Crippen LogP contribution in [0.15, 0.2) is 23.6 Å². The zero-order valence-corrected chi connectivity index (χ0v) is 15.5. The number of nitrogens with zero attached hydrogens (tertiary/aromatic N) is 1. The number of aromatic nitrogens is 1. The fraction of sp³-hybridized carbons (Fsp3) is 0.389. The van der Waals surface area contributed by atoms with Gasteiger partial charge in [0.2, 0.25) is 0 Å². The molecule has 8 heteroatoms. The van der Waals surface area contributed by atoms with Gasteiger partial charge in [-0.2, -0.15) is 0 Å². The number of hydrogen-bond acceptors (Lipinski definition) is 6. The Labute approximate surface area is 155 Å². The van der Waals surface area contributed by atoms with Gasteiger partial charge in [0.05, 0.1) is 14.2 Å². The number of amides is 2. The average Bonchev–Trinajstić information content (AvgIpc) is 3.33. The maximum Gasteiger partial charge on any atom is 0.271 e. The van der Waals surface area contributed by atoms with Crippen molar-refractivity contribution in [2.24, 2.45) is 0 Å². The van der Waals surface area contributed by atoms with Gasteiger partial charge in [0.25, 0.3) is 11.8 Å². The van der Waals surface area contributed by atoms with Crippen molar-refractivity contribution >= 4 is 28.3 Å². The number of carbonyl (C=O) groups is 2. The monoisotopic (exact) mass is 375 g/mol. The van der Waals surface area contributed by atoms with E-state index in [1.54, 1.807) is 23.6 Å². The first-order valence-electron chi connectivity index (χ1n) is 8.40. The van der Waals surface area contributed by atoms with Crippen molar-refractivity contribution < 1.29 is 19.1 Å². The molecule has 0 atom stereocenters. The van der Waals surface area contributed by atoms with Gasteiger partial charge in [-0.05, 0) is 25.0 Å². The van der Waals surface area contributed by atoms with Crippen LogP contribution in [-0.4, -0.2) is 37.1 Å². The van der Waals surface area contributed by atoms with E-state index in [9.17, 15) is 9.59 Å². The molecule has 2 N–H and O–H groups in total. The molecule has 2 aromatic rings. The number of methoxy groups -OCH3 is 2. The van der Waals surface area contributed by atoms with E-state index in [0.29, 0.717) is 27.9 Å². The molecule has 2 amide bonds. The van der Waals surface area contributed by atoms with E-state index in [0.717, 1.165) is 25.7 Å². The molecule has 7 nitrogen and oxygen atoms in total. The minimum absolute atomic E-state index is 0.198. The molecule has 1 aliphatic carbocycles. The lowest BCUT2D eigenvalue weighted by Crippen LogP contribution is -2.32. The number of thiazole rings is 1. The Morgan fingerprint density at radius 2 is 1.73 bits per heavy atom. The van der Waals surface area contributed by atoms with Gasteiger partial charge in [-0.15, -0.1) is 11.3 Å². The molecule has 26 heavy (non-hydrogen) atoms. The van der Waals surface area contributed by atoms with Crippen molar-refractivity contribution in [3.63, 3.8) is 0 Å². The summed E-state index contributed by atoms with van der Waals surface area (Å²) in [6, 6.07) is 5.13. The first kappa shape index (κ1) is 18.2. The molecule has 1 aromatic heterocycles. The average molecular weight is 375 g/mol. The van der Waals surface area contributed by atoms with Crippen LogP contribution in [0, 0.1) is 0 Å². The molecule has 0 saturated heterocycles. The predicted octanol–water partition coefficient (Wildman–Crippen LogP) is 3.09. The van der Waals surface area contributed by atoms with Crippen LogP contribution in [0.5, 0.6) is 11.5 Å². The van der Waals surface area contributed by atoms with Crippen molar-refractivity contribution in [3.8, 4) is 11.5 Å². The normalized spacial score (nSPS) is 14.1. The summed E-state index contributed by atoms with van der Waals surface area (Å²) in [5.41, 5.74) is 0.703. The summed E-state index contributed by atoms with van der Waals surface area (Å²) < 4.78 is 10.3. The second kappa shape index (κ2) is 8.18. The van der Waals surface area contributed by atoms with Crippen molar-refractivity contribution in [2.45, 2.75) is 31.7 Å². The number of ether oxygens (including phenoxy) is 2. The van der Waals surface area contributed by atoms with Gasteiger partial charge in [-0.3, -0.25) is 14.9 Å². The van der Waals surface area contributed by atoms with Gasteiger partial charge < -0.3 is 14.8 Å². The molecule has 0 aliphatic heterocycles. The van der Waals surface area contributed by atoms with Crippen molar-refractivity contribution in [3.05, 3.63) is 34.8 Å². The molecule has 1 aromatic carbocycles. The number of carbonyl (C=O) groups excluding carboxylic acids is 2. The maximum atomic E-state index is 12.5. The highest BCUT2D eigenvalue weighted by Crippen LogP contribution is 2.24. The molecule has 1 fully saturated rings. The minimum Gasteiger partial charge on any atom is -0.497 e. The number of rotatable bonds is 6. The van der Waals surface area contributed by atoms with Crippen LogP contribution in [0.3, 0.4) is 0 Å². The molecular weight excluding hydrogens is 354 g/mol. The molecular formula is C18H21N3O4S. The van der Waals surface area contributed by atoms with E-state index < -0.39 is 0 Å². The summed E-state index contributed by atoms with van der Waals surface area (Å²) in [5, 5.41) is 7.70. The van der Waals surface area contributed by atoms with Crippen LogP contribution >= 0.6 is 11.3 Å². The van der Waals surface area contributed by atoms with Gasteiger partial charge in [0, 0.05) is 23.1 Å².